The van der Waals surface area contributed by atoms with Crippen LogP contribution in [0.2, 0.25) is 0 Å². The molecular weight excluding hydrogens is 226 g/mol. The van der Waals surface area contributed by atoms with Crippen molar-refractivity contribution in [2.45, 2.75) is 18.7 Å². The van der Waals surface area contributed by atoms with E-state index >= 15 is 0 Å². The largest absolute Gasteiger partial charge is 0.508 e. The molecule has 0 bridgehead atoms. The van der Waals surface area contributed by atoms with E-state index in [0.717, 1.165) is 0 Å². The third-order valence-electron chi connectivity index (χ3n) is 2.38. The Hall–Kier alpha value is -1.07. The average molecular weight is 243 g/mol. The van der Waals surface area contributed by atoms with Crippen LogP contribution in [0.3, 0.4) is 0 Å². The van der Waals surface area contributed by atoms with Gasteiger partial charge in [-0.25, -0.2) is 0 Å². The van der Waals surface area contributed by atoms with Crippen molar-refractivity contribution in [3.05, 3.63) is 23.8 Å². The number of benzene rings is 1. The van der Waals surface area contributed by atoms with Gasteiger partial charge in [-0.3, -0.25) is 4.21 Å². The van der Waals surface area contributed by atoms with Crippen LogP contribution in [0.15, 0.2) is 18.2 Å². The third-order valence-corrected chi connectivity index (χ3v) is 3.68. The molecule has 16 heavy (non-hydrogen) atoms. The molecule has 2 unspecified atom stereocenters. The first-order valence-electron chi connectivity index (χ1n) is 5.04. The molecular formula is C11H17NO3S. The predicted molar refractivity (Wildman–Crippen MR) is 65.0 cm³/mol. The zero-order chi connectivity index (χ0) is 12.1. The average Bonchev–Trinajstić information content (AvgIpc) is 2.20. The number of rotatable bonds is 5. The summed E-state index contributed by atoms with van der Waals surface area (Å²) in [6.45, 7) is 3.02. The summed E-state index contributed by atoms with van der Waals surface area (Å²) in [5, 5.41) is 21.8. The van der Waals surface area contributed by atoms with E-state index < -0.39 is 10.8 Å². The van der Waals surface area contributed by atoms with Gasteiger partial charge < -0.3 is 15.5 Å². The van der Waals surface area contributed by atoms with Crippen LogP contribution in [-0.4, -0.2) is 32.5 Å². The predicted octanol–water partition coefficient (Wildman–Crippen LogP) is 0.954. The molecule has 0 radical (unpaired) electrons. The van der Waals surface area contributed by atoms with Gasteiger partial charge in [-0.05, 0) is 13.0 Å². The highest BCUT2D eigenvalue weighted by Crippen LogP contribution is 2.22. The van der Waals surface area contributed by atoms with E-state index in [1.165, 1.54) is 12.1 Å². The first-order chi connectivity index (χ1) is 7.50. The molecule has 4 nitrogen and oxygen atoms in total. The molecule has 0 saturated heterocycles. The maximum Gasteiger partial charge on any atom is 0.123 e. The Labute approximate surface area is 97.8 Å². The third kappa shape index (κ3) is 3.83. The standard InChI is InChI=1S/C11H17NO3S/c1-8(16(2)15)6-12-7-9-3-4-10(13)5-11(9)14/h3-5,8,12-14H,6-7H2,1-2H3. The summed E-state index contributed by atoms with van der Waals surface area (Å²) >= 11 is 0. The lowest BCUT2D eigenvalue weighted by Gasteiger charge is -2.10. The molecule has 0 spiro atoms. The summed E-state index contributed by atoms with van der Waals surface area (Å²) < 4.78 is 11.1. The Kier molecular flexibility index (Phi) is 4.76. The fourth-order valence-corrected chi connectivity index (χ4v) is 1.58. The van der Waals surface area contributed by atoms with Gasteiger partial charge in [-0.1, -0.05) is 6.07 Å². The fourth-order valence-electron chi connectivity index (χ4n) is 1.23. The Morgan fingerprint density at radius 1 is 1.44 bits per heavy atom. The molecule has 0 saturated carbocycles. The highest BCUT2D eigenvalue weighted by molar-refractivity contribution is 7.84. The molecule has 90 valence electrons. The normalized spacial score (nSPS) is 14.6. The summed E-state index contributed by atoms with van der Waals surface area (Å²) in [4.78, 5) is 0. The molecule has 0 heterocycles. The lowest BCUT2D eigenvalue weighted by molar-refractivity contribution is 0.444. The van der Waals surface area contributed by atoms with Crippen LogP contribution >= 0.6 is 0 Å². The van der Waals surface area contributed by atoms with Crippen molar-refractivity contribution in [1.82, 2.24) is 5.32 Å². The first kappa shape index (κ1) is 13.0. The lowest BCUT2D eigenvalue weighted by atomic mass is 10.2. The van der Waals surface area contributed by atoms with Crippen LogP contribution in [-0.2, 0) is 17.3 Å². The highest BCUT2D eigenvalue weighted by atomic mass is 32.2. The molecule has 3 N–H and O–H groups in total. The second-order valence-electron chi connectivity index (χ2n) is 3.75. The smallest absolute Gasteiger partial charge is 0.123 e. The SMILES string of the molecule is CC(CNCc1ccc(O)cc1O)S(C)=O. The summed E-state index contributed by atoms with van der Waals surface area (Å²) in [5.41, 5.74) is 0.715. The van der Waals surface area contributed by atoms with Gasteiger partial charge in [0.25, 0.3) is 0 Å². The van der Waals surface area contributed by atoms with Crippen LogP contribution < -0.4 is 5.32 Å². The lowest BCUT2D eigenvalue weighted by Crippen LogP contribution is -2.27. The van der Waals surface area contributed by atoms with Crippen molar-refractivity contribution in [2.75, 3.05) is 12.8 Å². The number of phenols is 2. The Morgan fingerprint density at radius 3 is 2.69 bits per heavy atom. The first-order valence-corrected chi connectivity index (χ1v) is 6.66. The van der Waals surface area contributed by atoms with E-state index in [-0.39, 0.29) is 16.7 Å². The van der Waals surface area contributed by atoms with E-state index in [4.69, 9.17) is 5.11 Å². The van der Waals surface area contributed by atoms with Gasteiger partial charge in [0.05, 0.1) is 0 Å². The zero-order valence-electron chi connectivity index (χ0n) is 9.43. The van der Waals surface area contributed by atoms with Gasteiger partial charge in [0.15, 0.2) is 0 Å². The quantitative estimate of drug-likeness (QED) is 0.720. The summed E-state index contributed by atoms with van der Waals surface area (Å²) in [6, 6.07) is 4.49. The number of phenolic OH excluding ortho intramolecular Hbond substituents is 2. The van der Waals surface area contributed by atoms with Crippen molar-refractivity contribution in [2.24, 2.45) is 0 Å². The van der Waals surface area contributed by atoms with Gasteiger partial charge in [-0.15, -0.1) is 0 Å². The van der Waals surface area contributed by atoms with Crippen LogP contribution in [0.25, 0.3) is 0 Å². The van der Waals surface area contributed by atoms with Crippen molar-refractivity contribution in [3.8, 4) is 11.5 Å². The van der Waals surface area contributed by atoms with Gasteiger partial charge >= 0.3 is 0 Å². The van der Waals surface area contributed by atoms with E-state index in [9.17, 15) is 9.32 Å². The zero-order valence-corrected chi connectivity index (χ0v) is 10.3. The molecule has 1 aromatic rings. The number of hydrogen-bond donors (Lipinski definition) is 3. The topological polar surface area (TPSA) is 69.6 Å². The van der Waals surface area contributed by atoms with E-state index in [2.05, 4.69) is 5.32 Å². The van der Waals surface area contributed by atoms with Gasteiger partial charge in [0, 0.05) is 47.0 Å². The Morgan fingerprint density at radius 2 is 2.12 bits per heavy atom. The summed E-state index contributed by atoms with van der Waals surface area (Å²) in [5.74, 6) is 0.113. The minimum Gasteiger partial charge on any atom is -0.508 e. The molecule has 2 atom stereocenters. The fraction of sp³-hybridized carbons (Fsp3) is 0.455. The molecule has 0 aliphatic carbocycles. The van der Waals surface area contributed by atoms with Crippen molar-refractivity contribution in [1.29, 1.82) is 0 Å². The number of nitrogens with one attached hydrogen (secondary N) is 1. The van der Waals surface area contributed by atoms with E-state index in [1.54, 1.807) is 12.3 Å². The molecule has 1 rings (SSSR count). The highest BCUT2D eigenvalue weighted by Gasteiger charge is 2.06. The molecule has 0 aliphatic rings. The number of hydrogen-bond acceptors (Lipinski definition) is 4. The molecule has 0 aromatic heterocycles. The van der Waals surface area contributed by atoms with E-state index in [0.29, 0.717) is 18.7 Å². The second-order valence-corrected chi connectivity index (χ2v) is 5.56. The summed E-state index contributed by atoms with van der Waals surface area (Å²) in [6.07, 6.45) is 1.67. The minimum atomic E-state index is -0.842. The minimum absolute atomic E-state index is 0.0456. The Bertz CT molecular complexity index is 381. The van der Waals surface area contributed by atoms with Gasteiger partial charge in [0.2, 0.25) is 0 Å². The maximum absolute atomic E-state index is 11.1. The van der Waals surface area contributed by atoms with Crippen molar-refractivity contribution in [3.63, 3.8) is 0 Å². The van der Waals surface area contributed by atoms with E-state index in [1.807, 2.05) is 6.92 Å². The van der Waals surface area contributed by atoms with Crippen LogP contribution in [0.5, 0.6) is 11.5 Å². The van der Waals surface area contributed by atoms with Crippen LogP contribution in [0.4, 0.5) is 0 Å². The maximum atomic E-state index is 11.1. The monoisotopic (exact) mass is 243 g/mol. The molecule has 0 aliphatic heterocycles. The van der Waals surface area contributed by atoms with Gasteiger partial charge in [-0.2, -0.15) is 0 Å². The summed E-state index contributed by atoms with van der Waals surface area (Å²) in [7, 11) is -0.842. The van der Waals surface area contributed by atoms with Crippen molar-refractivity contribution >= 4 is 10.8 Å². The van der Waals surface area contributed by atoms with Gasteiger partial charge in [0.1, 0.15) is 11.5 Å². The van der Waals surface area contributed by atoms with Crippen LogP contribution in [0, 0.1) is 0 Å². The Balaban J connectivity index is 2.46. The van der Waals surface area contributed by atoms with Crippen LogP contribution in [0.1, 0.15) is 12.5 Å². The van der Waals surface area contributed by atoms with Crippen molar-refractivity contribution < 1.29 is 14.4 Å². The molecule has 0 fully saturated rings. The second kappa shape index (κ2) is 5.86. The molecule has 5 heteroatoms. The molecule has 1 aromatic carbocycles. The molecule has 0 amide bonds. The number of aromatic hydroxyl groups is 2.